The molecule has 5 aromatic rings. The average molecular weight is 516 g/mol. The Morgan fingerprint density at radius 2 is 1.58 bits per heavy atom. The molecule has 0 aliphatic heterocycles. The van der Waals surface area contributed by atoms with Crippen molar-refractivity contribution in [2.75, 3.05) is 6.26 Å². The summed E-state index contributed by atoms with van der Waals surface area (Å²) in [6.07, 6.45) is -0.738. The summed E-state index contributed by atoms with van der Waals surface area (Å²) in [5, 5.41) is 0. The minimum absolute atomic E-state index is 0.0814. The second kappa shape index (κ2) is 8.63. The normalized spacial score (nSPS) is 12.6. The fraction of sp³-hybridized carbons (Fsp3) is 0.208. The molecule has 0 radical (unpaired) electrons. The molecule has 0 N–H and O–H groups in total. The monoisotopic (exact) mass is 515 g/mol. The fourth-order valence-corrected chi connectivity index (χ4v) is 4.87. The van der Waals surface area contributed by atoms with Crippen molar-refractivity contribution in [1.82, 2.24) is 23.7 Å². The first-order valence-corrected chi connectivity index (χ1v) is 12.7. The lowest BCUT2D eigenvalue weighted by Crippen LogP contribution is -2.30. The van der Waals surface area contributed by atoms with Crippen molar-refractivity contribution in [2.45, 2.75) is 30.7 Å². The summed E-state index contributed by atoms with van der Waals surface area (Å²) in [7, 11) is -3.35. The van der Waals surface area contributed by atoms with Gasteiger partial charge in [-0.15, -0.1) is 0 Å². The molecular formula is C24H20F3N5O3S. The van der Waals surface area contributed by atoms with Crippen molar-refractivity contribution < 1.29 is 21.6 Å². The highest BCUT2D eigenvalue weighted by molar-refractivity contribution is 7.90. The largest absolute Gasteiger partial charge is 0.406 e. The van der Waals surface area contributed by atoms with E-state index in [9.17, 15) is 26.4 Å². The van der Waals surface area contributed by atoms with Crippen molar-refractivity contribution in [2.24, 2.45) is 0 Å². The van der Waals surface area contributed by atoms with Crippen LogP contribution in [0.25, 0.3) is 22.1 Å². The topological polar surface area (TPSA) is 91.8 Å². The molecule has 0 saturated heterocycles. The number of sulfone groups is 1. The quantitative estimate of drug-likeness (QED) is 0.345. The van der Waals surface area contributed by atoms with Crippen LogP contribution < -0.4 is 5.69 Å². The van der Waals surface area contributed by atoms with Gasteiger partial charge in [-0.2, -0.15) is 13.2 Å². The number of nitrogens with zero attached hydrogens (tertiary/aromatic N) is 5. The number of benzene rings is 2. The van der Waals surface area contributed by atoms with Crippen molar-refractivity contribution in [1.29, 1.82) is 0 Å². The average Bonchev–Trinajstić information content (AvgIpc) is 3.29. The van der Waals surface area contributed by atoms with E-state index in [-0.39, 0.29) is 22.5 Å². The van der Waals surface area contributed by atoms with Crippen LogP contribution in [0.2, 0.25) is 0 Å². The molecule has 5 rings (SSSR count). The Morgan fingerprint density at radius 3 is 2.28 bits per heavy atom. The summed E-state index contributed by atoms with van der Waals surface area (Å²) in [5.41, 5.74) is 1.80. The number of pyridine rings is 1. The predicted molar refractivity (Wildman–Crippen MR) is 128 cm³/mol. The van der Waals surface area contributed by atoms with Gasteiger partial charge in [-0.25, -0.2) is 18.2 Å². The zero-order valence-electron chi connectivity index (χ0n) is 19.0. The first-order valence-electron chi connectivity index (χ1n) is 10.8. The van der Waals surface area contributed by atoms with Crippen LogP contribution in [0.3, 0.4) is 0 Å². The third kappa shape index (κ3) is 4.51. The Morgan fingerprint density at radius 1 is 0.861 bits per heavy atom. The van der Waals surface area contributed by atoms with Crippen LogP contribution >= 0.6 is 0 Å². The van der Waals surface area contributed by atoms with E-state index in [0.717, 1.165) is 17.3 Å². The third-order valence-corrected chi connectivity index (χ3v) is 7.01. The summed E-state index contributed by atoms with van der Waals surface area (Å²) in [6, 6.07) is 15.1. The first-order chi connectivity index (χ1) is 17.0. The van der Waals surface area contributed by atoms with E-state index < -0.39 is 28.2 Å². The second-order valence-electron chi connectivity index (χ2n) is 8.45. The Labute approximate surface area is 203 Å². The smallest absolute Gasteiger partial charge is 0.322 e. The third-order valence-electron chi connectivity index (χ3n) is 5.88. The number of hydrogen-bond donors (Lipinski definition) is 0. The maximum atomic E-state index is 13.2. The highest BCUT2D eigenvalue weighted by Crippen LogP contribution is 2.23. The Balaban J connectivity index is 1.60. The lowest BCUT2D eigenvalue weighted by atomic mass is 10.2. The van der Waals surface area contributed by atoms with Gasteiger partial charge >= 0.3 is 11.9 Å². The van der Waals surface area contributed by atoms with Gasteiger partial charge in [0.15, 0.2) is 9.84 Å². The van der Waals surface area contributed by atoms with Crippen molar-refractivity contribution in [3.05, 3.63) is 88.9 Å². The van der Waals surface area contributed by atoms with Crippen LogP contribution in [0.15, 0.2) is 76.7 Å². The van der Waals surface area contributed by atoms with Crippen molar-refractivity contribution in [3.8, 4) is 0 Å². The van der Waals surface area contributed by atoms with Gasteiger partial charge in [-0.1, -0.05) is 24.3 Å². The SMILES string of the molecule is CS(=O)(=O)c1ccc(Cn2c(Cn3c(=O)n(CC(F)(F)F)c4ccncc43)nc3ccccc32)cc1. The number of hydrogen-bond acceptors (Lipinski definition) is 5. The van der Waals surface area contributed by atoms with E-state index >= 15 is 0 Å². The van der Waals surface area contributed by atoms with E-state index in [2.05, 4.69) is 9.97 Å². The highest BCUT2D eigenvalue weighted by atomic mass is 32.2. The number of alkyl halides is 3. The van der Waals surface area contributed by atoms with Gasteiger partial charge in [0.25, 0.3) is 0 Å². The maximum Gasteiger partial charge on any atom is 0.406 e. The number of halogens is 3. The molecular weight excluding hydrogens is 495 g/mol. The van der Waals surface area contributed by atoms with Crippen LogP contribution in [-0.2, 0) is 29.5 Å². The molecule has 0 saturated carbocycles. The number of fused-ring (bicyclic) bond motifs is 2. The lowest BCUT2D eigenvalue weighted by Gasteiger charge is -2.11. The van der Waals surface area contributed by atoms with E-state index in [1.54, 1.807) is 18.2 Å². The molecule has 0 aliphatic carbocycles. The molecule has 0 fully saturated rings. The summed E-state index contributed by atoms with van der Waals surface area (Å²) in [5.74, 6) is 0.459. The first kappa shape index (κ1) is 23.8. The summed E-state index contributed by atoms with van der Waals surface area (Å²) < 4.78 is 67.0. The van der Waals surface area contributed by atoms with Crippen molar-refractivity contribution in [3.63, 3.8) is 0 Å². The number of rotatable bonds is 6. The standard InChI is InChI=1S/C24H20F3N5O3S/c1-36(34,35)17-8-6-16(7-9-17)13-30-19-5-3-2-4-18(19)29-22(30)14-31-21-12-28-11-10-20(21)32(23(31)33)15-24(25,26)27/h2-12H,13-15H2,1H3. The molecule has 0 unspecified atom stereocenters. The minimum Gasteiger partial charge on any atom is -0.322 e. The van der Waals surface area contributed by atoms with Crippen LogP contribution in [-0.4, -0.2) is 44.5 Å². The molecule has 0 atom stereocenters. The minimum atomic E-state index is -4.57. The molecule has 0 spiro atoms. The summed E-state index contributed by atoms with van der Waals surface area (Å²) >= 11 is 0. The highest BCUT2D eigenvalue weighted by Gasteiger charge is 2.31. The lowest BCUT2D eigenvalue weighted by molar-refractivity contribution is -0.140. The van der Waals surface area contributed by atoms with Crippen LogP contribution in [0.1, 0.15) is 11.4 Å². The molecule has 12 heteroatoms. The molecule has 3 heterocycles. The molecule has 0 bridgehead atoms. The Kier molecular flexibility index (Phi) is 5.70. The van der Waals surface area contributed by atoms with E-state index in [1.807, 2.05) is 22.8 Å². The second-order valence-corrected chi connectivity index (χ2v) is 10.5. The molecule has 2 aromatic carbocycles. The molecule has 0 aliphatic rings. The van der Waals surface area contributed by atoms with Gasteiger partial charge in [-0.3, -0.25) is 14.1 Å². The Bertz CT molecular complexity index is 1750. The molecule has 0 amide bonds. The van der Waals surface area contributed by atoms with Gasteiger partial charge in [0.2, 0.25) is 0 Å². The van der Waals surface area contributed by atoms with Crippen LogP contribution in [0.4, 0.5) is 13.2 Å². The zero-order valence-corrected chi connectivity index (χ0v) is 19.8. The van der Waals surface area contributed by atoms with Gasteiger partial charge in [-0.05, 0) is 35.9 Å². The number of aromatic nitrogens is 5. The molecule has 3 aromatic heterocycles. The van der Waals surface area contributed by atoms with Gasteiger partial charge in [0.05, 0.1) is 39.7 Å². The van der Waals surface area contributed by atoms with E-state index in [4.69, 9.17) is 0 Å². The van der Waals surface area contributed by atoms with E-state index in [0.29, 0.717) is 22.5 Å². The fourth-order valence-electron chi connectivity index (χ4n) is 4.24. The predicted octanol–water partition coefficient (Wildman–Crippen LogP) is 3.61. The molecule has 36 heavy (non-hydrogen) atoms. The van der Waals surface area contributed by atoms with Crippen LogP contribution in [0.5, 0.6) is 0 Å². The van der Waals surface area contributed by atoms with Gasteiger partial charge in [0.1, 0.15) is 12.4 Å². The Hall–Kier alpha value is -3.93. The maximum absolute atomic E-state index is 13.2. The number of imidazole rings is 2. The van der Waals surface area contributed by atoms with Crippen LogP contribution in [0, 0.1) is 0 Å². The number of para-hydroxylation sites is 2. The van der Waals surface area contributed by atoms with E-state index in [1.165, 1.54) is 35.2 Å². The molecule has 186 valence electrons. The van der Waals surface area contributed by atoms with Crippen molar-refractivity contribution >= 4 is 31.9 Å². The summed E-state index contributed by atoms with van der Waals surface area (Å²) in [4.78, 5) is 21.9. The van der Waals surface area contributed by atoms with Gasteiger partial charge < -0.3 is 4.57 Å². The molecule has 8 nitrogen and oxygen atoms in total. The zero-order chi connectivity index (χ0) is 25.7. The van der Waals surface area contributed by atoms with Gasteiger partial charge in [0, 0.05) is 19.0 Å². The summed E-state index contributed by atoms with van der Waals surface area (Å²) in [6.45, 7) is -1.18.